The fraction of sp³-hybridized carbons (Fsp3) is 0.143. The molecule has 0 radical (unpaired) electrons. The molecule has 0 spiro atoms. The summed E-state index contributed by atoms with van der Waals surface area (Å²) in [4.78, 5) is 0. The average molecular weight is 184 g/mol. The number of rotatable bonds is 0. The number of hydrogen-bond donors (Lipinski definition) is 1. The van der Waals surface area contributed by atoms with Crippen LogP contribution in [-0.4, -0.2) is 20.4 Å². The summed E-state index contributed by atoms with van der Waals surface area (Å²) in [6.45, 7) is 0. The number of para-hydroxylation sites is 1. The summed E-state index contributed by atoms with van der Waals surface area (Å²) in [5, 5.41) is 3.33. The second kappa shape index (κ2) is 2.05. The van der Waals surface area contributed by atoms with Gasteiger partial charge in [-0.05, 0) is 0 Å². The zero-order valence-electron chi connectivity index (χ0n) is 4.92. The molecule has 0 bridgehead atoms. The van der Waals surface area contributed by atoms with Gasteiger partial charge in [0.05, 0.1) is 0 Å². The minimum atomic E-state index is 0.691. The van der Waals surface area contributed by atoms with E-state index >= 15 is 0 Å². The van der Waals surface area contributed by atoms with Crippen LogP contribution in [0, 0.1) is 0 Å². The fourth-order valence-corrected chi connectivity index (χ4v) is 2.72. The van der Waals surface area contributed by atoms with Gasteiger partial charge in [-0.3, -0.25) is 0 Å². The van der Waals surface area contributed by atoms with Crippen LogP contribution >= 0.6 is 0 Å². The third kappa shape index (κ3) is 0.846. The second-order valence-corrected chi connectivity index (χ2v) is 4.10. The normalized spacial score (nSPS) is 14.7. The number of fused-ring (bicyclic) bond motifs is 1. The van der Waals surface area contributed by atoms with E-state index in [1.54, 1.807) is 0 Å². The van der Waals surface area contributed by atoms with E-state index in [4.69, 9.17) is 0 Å². The van der Waals surface area contributed by atoms with Gasteiger partial charge in [-0.1, -0.05) is 0 Å². The van der Waals surface area contributed by atoms with E-state index in [-0.39, 0.29) is 0 Å². The van der Waals surface area contributed by atoms with Gasteiger partial charge in [0.2, 0.25) is 0 Å². The van der Waals surface area contributed by atoms with Gasteiger partial charge in [-0.15, -0.1) is 0 Å². The Morgan fingerprint density at radius 2 is 2.22 bits per heavy atom. The zero-order chi connectivity index (χ0) is 6.10. The summed E-state index contributed by atoms with van der Waals surface area (Å²) >= 11 is 0.691. The molecule has 1 aromatic rings. The topological polar surface area (TPSA) is 12.0 Å². The Labute approximate surface area is 60.6 Å². The van der Waals surface area contributed by atoms with Crippen molar-refractivity contribution in [2.45, 2.75) is 0 Å². The van der Waals surface area contributed by atoms with Crippen LogP contribution in [0.2, 0.25) is 0 Å². The second-order valence-electron chi connectivity index (χ2n) is 1.96. The van der Waals surface area contributed by atoms with Crippen LogP contribution in [0.5, 0.6) is 0 Å². The Kier molecular flexibility index (Phi) is 1.22. The van der Waals surface area contributed by atoms with Gasteiger partial charge in [0.1, 0.15) is 0 Å². The van der Waals surface area contributed by atoms with Crippen molar-refractivity contribution < 1.29 is 0 Å². The number of nitrogens with one attached hydrogen (secondary N) is 1. The van der Waals surface area contributed by atoms with Gasteiger partial charge in [-0.25, -0.2) is 0 Å². The molecule has 0 atom stereocenters. The average Bonchev–Trinajstić information content (AvgIpc) is 2.33. The Morgan fingerprint density at radius 1 is 1.33 bits per heavy atom. The van der Waals surface area contributed by atoms with Crippen LogP contribution in [0.3, 0.4) is 0 Å². The summed E-state index contributed by atoms with van der Waals surface area (Å²) in [5.74, 6) is 0. The van der Waals surface area contributed by atoms with Crippen molar-refractivity contribution in [1.29, 1.82) is 0 Å². The minimum absolute atomic E-state index is 0.691. The first-order valence-electron chi connectivity index (χ1n) is 2.92. The first kappa shape index (κ1) is 5.33. The molecule has 0 fully saturated rings. The van der Waals surface area contributed by atoms with Crippen LogP contribution in [0.1, 0.15) is 0 Å². The molecule has 1 N–H and O–H groups in total. The summed E-state index contributed by atoms with van der Waals surface area (Å²) in [5.41, 5.74) is 2.52. The molecule has 0 saturated carbocycles. The molecular formula is C7H7NSe. The third-order valence-electron chi connectivity index (χ3n) is 1.38. The molecule has 0 aliphatic carbocycles. The monoisotopic (exact) mass is 185 g/mol. The van der Waals surface area contributed by atoms with Crippen molar-refractivity contribution in [1.82, 2.24) is 0 Å². The first-order valence-corrected chi connectivity index (χ1v) is 4.99. The summed E-state index contributed by atoms with van der Waals surface area (Å²) < 4.78 is 1.52. The molecule has 1 aliphatic rings. The van der Waals surface area contributed by atoms with Crippen LogP contribution in [-0.2, 0) is 0 Å². The standard InChI is InChI=1S/C7H7NSe/c1-2-4-7-6(3-1)8-5-9-7/h1-4,8H,5H2. The van der Waals surface area contributed by atoms with Gasteiger partial charge in [0, 0.05) is 0 Å². The van der Waals surface area contributed by atoms with Crippen LogP contribution in [0.15, 0.2) is 24.3 Å². The number of benzene rings is 1. The van der Waals surface area contributed by atoms with Gasteiger partial charge in [0.25, 0.3) is 0 Å². The number of anilines is 1. The van der Waals surface area contributed by atoms with Gasteiger partial charge in [-0.2, -0.15) is 0 Å². The predicted molar refractivity (Wildman–Crippen MR) is 40.3 cm³/mol. The Bertz CT molecular complexity index is 199. The molecule has 1 aromatic carbocycles. The summed E-state index contributed by atoms with van der Waals surface area (Å²) in [7, 11) is 0. The van der Waals surface area contributed by atoms with Crippen molar-refractivity contribution in [3.05, 3.63) is 24.3 Å². The first-order chi connectivity index (χ1) is 4.47. The SMILES string of the molecule is c1ccc2c(c1)NC[Se]2. The van der Waals surface area contributed by atoms with Crippen LogP contribution < -0.4 is 9.78 Å². The fourth-order valence-electron chi connectivity index (χ4n) is 0.930. The van der Waals surface area contributed by atoms with E-state index in [9.17, 15) is 0 Å². The zero-order valence-corrected chi connectivity index (χ0v) is 6.64. The van der Waals surface area contributed by atoms with E-state index in [0.717, 1.165) is 0 Å². The molecule has 0 unspecified atom stereocenters. The van der Waals surface area contributed by atoms with E-state index in [2.05, 4.69) is 29.6 Å². The van der Waals surface area contributed by atoms with Crippen molar-refractivity contribution >= 4 is 25.1 Å². The van der Waals surface area contributed by atoms with Crippen molar-refractivity contribution in [3.8, 4) is 0 Å². The number of hydrogen-bond acceptors (Lipinski definition) is 1. The quantitative estimate of drug-likeness (QED) is 0.575. The van der Waals surface area contributed by atoms with Crippen LogP contribution in [0.25, 0.3) is 0 Å². The Balaban J connectivity index is 2.54. The van der Waals surface area contributed by atoms with E-state index in [0.29, 0.717) is 15.0 Å². The maximum absolute atomic E-state index is 3.33. The van der Waals surface area contributed by atoms with E-state index < -0.39 is 0 Å². The maximum atomic E-state index is 3.33. The molecule has 2 rings (SSSR count). The summed E-state index contributed by atoms with van der Waals surface area (Å²) in [6, 6.07) is 8.53. The third-order valence-corrected chi connectivity index (χ3v) is 3.38. The van der Waals surface area contributed by atoms with Crippen molar-refractivity contribution in [3.63, 3.8) is 0 Å². The molecule has 1 heterocycles. The molecular weight excluding hydrogens is 177 g/mol. The van der Waals surface area contributed by atoms with Gasteiger partial charge >= 0.3 is 60.1 Å². The Hall–Kier alpha value is -0.461. The molecule has 0 saturated heterocycles. The molecule has 9 heavy (non-hydrogen) atoms. The predicted octanol–water partition coefficient (Wildman–Crippen LogP) is 0.399. The van der Waals surface area contributed by atoms with Gasteiger partial charge in [0.15, 0.2) is 0 Å². The van der Waals surface area contributed by atoms with E-state index in [1.807, 2.05) is 0 Å². The van der Waals surface area contributed by atoms with Crippen molar-refractivity contribution in [2.24, 2.45) is 0 Å². The molecule has 1 nitrogen and oxygen atoms in total. The van der Waals surface area contributed by atoms with E-state index in [1.165, 1.54) is 15.6 Å². The molecule has 0 amide bonds. The van der Waals surface area contributed by atoms with Crippen LogP contribution in [0.4, 0.5) is 5.69 Å². The Morgan fingerprint density at radius 3 is 3.11 bits per heavy atom. The van der Waals surface area contributed by atoms with Crippen molar-refractivity contribution in [2.75, 3.05) is 10.8 Å². The van der Waals surface area contributed by atoms with Gasteiger partial charge < -0.3 is 0 Å². The summed E-state index contributed by atoms with van der Waals surface area (Å²) in [6.07, 6.45) is 0. The molecule has 0 aromatic heterocycles. The molecule has 1 aliphatic heterocycles. The molecule has 2 heteroatoms. The molecule has 46 valence electrons.